The van der Waals surface area contributed by atoms with Crippen molar-refractivity contribution in [3.63, 3.8) is 0 Å². The molecule has 1 rings (SSSR count). The van der Waals surface area contributed by atoms with Gasteiger partial charge >= 0.3 is 0 Å². The second-order valence-corrected chi connectivity index (χ2v) is 2.65. The van der Waals surface area contributed by atoms with Gasteiger partial charge in [0.15, 0.2) is 0 Å². The van der Waals surface area contributed by atoms with Gasteiger partial charge in [-0.1, -0.05) is 0 Å². The number of rotatable bonds is 5. The normalized spacial score (nSPS) is 10.5. The highest BCUT2D eigenvalue weighted by Crippen LogP contribution is 1.91. The molecule has 4 nitrogen and oxygen atoms in total. The number of nitrogens with one attached hydrogen (secondary N) is 1. The summed E-state index contributed by atoms with van der Waals surface area (Å²) in [6, 6.07) is 0. The summed E-state index contributed by atoms with van der Waals surface area (Å²) < 4.78 is 1.95. The molecule has 4 heteroatoms. The molecular formula is C8H15N2O2+. The van der Waals surface area contributed by atoms with Crippen molar-refractivity contribution in [1.29, 1.82) is 0 Å². The zero-order chi connectivity index (χ0) is 8.81. The van der Waals surface area contributed by atoms with Gasteiger partial charge < -0.3 is 10.2 Å². The average molecular weight is 171 g/mol. The van der Waals surface area contributed by atoms with Crippen LogP contribution >= 0.6 is 0 Å². The number of hydrogen-bond donors (Lipinski definition) is 3. The van der Waals surface area contributed by atoms with Crippen LogP contribution in [0.4, 0.5) is 0 Å². The second kappa shape index (κ2) is 4.90. The Hall–Kier alpha value is -0.870. The van der Waals surface area contributed by atoms with E-state index in [0.29, 0.717) is 6.54 Å². The largest absolute Gasteiger partial charge is 0.396 e. The molecule has 1 heterocycles. The Labute approximate surface area is 71.5 Å². The molecule has 1 aromatic heterocycles. The van der Waals surface area contributed by atoms with Gasteiger partial charge in [-0.2, -0.15) is 0 Å². The Kier molecular flexibility index (Phi) is 3.76. The predicted octanol–water partition coefficient (Wildman–Crippen LogP) is -0.781. The third kappa shape index (κ3) is 2.32. The van der Waals surface area contributed by atoms with E-state index >= 15 is 0 Å². The van der Waals surface area contributed by atoms with E-state index < -0.39 is 0 Å². The Balaban J connectivity index is 2.51. The van der Waals surface area contributed by atoms with Crippen molar-refractivity contribution in [1.82, 2.24) is 4.98 Å². The number of nitrogens with zero attached hydrogens (tertiary/aromatic N) is 1. The van der Waals surface area contributed by atoms with Crippen molar-refractivity contribution < 1.29 is 14.8 Å². The lowest BCUT2D eigenvalue weighted by Gasteiger charge is -1.96. The van der Waals surface area contributed by atoms with Crippen LogP contribution in [0.25, 0.3) is 0 Å². The fraction of sp³-hybridized carbons (Fsp3) is 0.625. The number of aliphatic hydroxyl groups excluding tert-OH is 2. The molecule has 0 aliphatic heterocycles. The summed E-state index contributed by atoms with van der Waals surface area (Å²) in [5.41, 5.74) is 0. The van der Waals surface area contributed by atoms with E-state index in [1.807, 2.05) is 17.0 Å². The molecule has 0 aliphatic carbocycles. The van der Waals surface area contributed by atoms with Crippen LogP contribution in [-0.2, 0) is 13.0 Å². The molecule has 0 fully saturated rings. The Morgan fingerprint density at radius 2 is 2.17 bits per heavy atom. The summed E-state index contributed by atoms with van der Waals surface area (Å²) in [7, 11) is 0. The summed E-state index contributed by atoms with van der Waals surface area (Å²) in [6.07, 6.45) is 5.31. The van der Waals surface area contributed by atoms with Crippen molar-refractivity contribution in [2.24, 2.45) is 0 Å². The Morgan fingerprint density at radius 1 is 1.33 bits per heavy atom. The fourth-order valence-electron chi connectivity index (χ4n) is 1.18. The van der Waals surface area contributed by atoms with Crippen molar-refractivity contribution >= 4 is 0 Å². The first-order valence-corrected chi connectivity index (χ1v) is 4.16. The van der Waals surface area contributed by atoms with Crippen LogP contribution in [-0.4, -0.2) is 28.4 Å². The molecule has 0 bridgehead atoms. The molecule has 3 N–H and O–H groups in total. The zero-order valence-electron chi connectivity index (χ0n) is 7.03. The quantitative estimate of drug-likeness (QED) is 0.509. The third-order valence-electron chi connectivity index (χ3n) is 1.76. The van der Waals surface area contributed by atoms with Gasteiger partial charge in [-0.15, -0.1) is 0 Å². The molecule has 12 heavy (non-hydrogen) atoms. The van der Waals surface area contributed by atoms with Gasteiger partial charge in [-0.05, 0) is 6.42 Å². The predicted molar refractivity (Wildman–Crippen MR) is 43.5 cm³/mol. The topological polar surface area (TPSA) is 60.1 Å². The van der Waals surface area contributed by atoms with Crippen LogP contribution in [0.15, 0.2) is 12.4 Å². The average Bonchev–Trinajstić information content (AvgIpc) is 2.50. The second-order valence-electron chi connectivity index (χ2n) is 2.65. The molecule has 1 aromatic rings. The first-order chi connectivity index (χ1) is 5.88. The highest BCUT2D eigenvalue weighted by Gasteiger charge is 2.08. The number of H-pyrrole nitrogens is 1. The van der Waals surface area contributed by atoms with Crippen molar-refractivity contribution in [2.75, 3.05) is 13.2 Å². The van der Waals surface area contributed by atoms with Gasteiger partial charge in [-0.25, -0.2) is 9.55 Å². The van der Waals surface area contributed by atoms with Crippen LogP contribution < -0.4 is 4.57 Å². The van der Waals surface area contributed by atoms with Gasteiger partial charge in [0.25, 0.3) is 5.82 Å². The Bertz CT molecular complexity index is 223. The molecule has 68 valence electrons. The van der Waals surface area contributed by atoms with E-state index in [1.165, 1.54) is 0 Å². The number of aliphatic hydroxyl groups is 2. The van der Waals surface area contributed by atoms with E-state index in [0.717, 1.165) is 18.7 Å². The minimum Gasteiger partial charge on any atom is -0.396 e. The van der Waals surface area contributed by atoms with Crippen LogP contribution in [0.5, 0.6) is 0 Å². The molecule has 0 spiro atoms. The van der Waals surface area contributed by atoms with E-state index in [1.54, 1.807) is 0 Å². The standard InChI is InChI=1S/C8H14N2O2/c11-6-1-2-8-9-3-4-10(8)5-7-12/h3-4,11-12H,1-2,5-7H2/p+1. The lowest BCUT2D eigenvalue weighted by Crippen LogP contribution is -2.37. The maximum atomic E-state index is 8.70. The van der Waals surface area contributed by atoms with Gasteiger partial charge in [0.2, 0.25) is 0 Å². The molecule has 0 saturated heterocycles. The number of hydrogen-bond acceptors (Lipinski definition) is 2. The van der Waals surface area contributed by atoms with Crippen LogP contribution in [0.1, 0.15) is 12.2 Å². The Morgan fingerprint density at radius 3 is 2.83 bits per heavy atom. The van der Waals surface area contributed by atoms with Crippen LogP contribution in [0.2, 0.25) is 0 Å². The van der Waals surface area contributed by atoms with E-state index in [-0.39, 0.29) is 13.2 Å². The highest BCUT2D eigenvalue weighted by molar-refractivity contribution is 4.77. The minimum absolute atomic E-state index is 0.147. The molecule has 0 atom stereocenters. The number of imidazole rings is 1. The summed E-state index contributed by atoms with van der Waals surface area (Å²) in [6.45, 7) is 0.969. The zero-order valence-corrected chi connectivity index (χ0v) is 7.03. The summed E-state index contributed by atoms with van der Waals surface area (Å²) in [4.78, 5) is 3.07. The highest BCUT2D eigenvalue weighted by atomic mass is 16.3. The molecular weight excluding hydrogens is 156 g/mol. The molecule has 0 unspecified atom stereocenters. The van der Waals surface area contributed by atoms with Crippen molar-refractivity contribution in [3.8, 4) is 0 Å². The van der Waals surface area contributed by atoms with Gasteiger partial charge in [0.05, 0.1) is 13.0 Å². The number of aryl methyl sites for hydroxylation is 1. The van der Waals surface area contributed by atoms with E-state index in [9.17, 15) is 0 Å². The van der Waals surface area contributed by atoms with Gasteiger partial charge in [-0.3, -0.25) is 0 Å². The SMILES string of the molecule is OCCCc1[nH]cc[n+]1CCO. The number of aromatic amines is 1. The summed E-state index contributed by atoms with van der Waals surface area (Å²) in [5, 5.41) is 17.3. The maximum absolute atomic E-state index is 8.70. The van der Waals surface area contributed by atoms with Crippen molar-refractivity contribution in [2.45, 2.75) is 19.4 Å². The minimum atomic E-state index is 0.147. The van der Waals surface area contributed by atoms with E-state index in [2.05, 4.69) is 4.98 Å². The van der Waals surface area contributed by atoms with Gasteiger partial charge in [0.1, 0.15) is 18.9 Å². The smallest absolute Gasteiger partial charge is 0.254 e. The van der Waals surface area contributed by atoms with Crippen LogP contribution in [0, 0.1) is 0 Å². The molecule has 0 saturated carbocycles. The first-order valence-electron chi connectivity index (χ1n) is 4.16. The lowest BCUT2D eigenvalue weighted by atomic mass is 10.3. The number of aromatic nitrogens is 2. The van der Waals surface area contributed by atoms with Gasteiger partial charge in [0, 0.05) is 6.61 Å². The summed E-state index contributed by atoms with van der Waals surface area (Å²) >= 11 is 0. The fourth-order valence-corrected chi connectivity index (χ4v) is 1.18. The van der Waals surface area contributed by atoms with E-state index in [4.69, 9.17) is 10.2 Å². The molecule has 0 radical (unpaired) electrons. The monoisotopic (exact) mass is 171 g/mol. The maximum Gasteiger partial charge on any atom is 0.254 e. The molecule has 0 aromatic carbocycles. The van der Waals surface area contributed by atoms with Crippen molar-refractivity contribution in [3.05, 3.63) is 18.2 Å². The lowest BCUT2D eigenvalue weighted by molar-refractivity contribution is -0.704. The molecule has 0 amide bonds. The summed E-state index contributed by atoms with van der Waals surface area (Å²) in [5.74, 6) is 1.05. The first kappa shape index (κ1) is 9.22. The van der Waals surface area contributed by atoms with Crippen LogP contribution in [0.3, 0.4) is 0 Å². The third-order valence-corrected chi connectivity index (χ3v) is 1.76. The molecule has 0 aliphatic rings.